The highest BCUT2D eigenvalue weighted by molar-refractivity contribution is 5.41. The summed E-state index contributed by atoms with van der Waals surface area (Å²) in [6.07, 6.45) is 6.71. The van der Waals surface area contributed by atoms with Crippen molar-refractivity contribution in [3.63, 3.8) is 0 Å². The lowest BCUT2D eigenvalue weighted by Gasteiger charge is -2.19. The Kier molecular flexibility index (Phi) is 3.37. The molecule has 1 aromatic carbocycles. The van der Waals surface area contributed by atoms with E-state index in [4.69, 9.17) is 0 Å². The molecule has 104 valence electrons. The molecule has 2 aromatic rings. The Morgan fingerprint density at radius 2 is 1.80 bits per heavy atom. The van der Waals surface area contributed by atoms with Gasteiger partial charge in [-0.15, -0.1) is 0 Å². The van der Waals surface area contributed by atoms with Gasteiger partial charge >= 0.3 is 0 Å². The van der Waals surface area contributed by atoms with Crippen LogP contribution in [0.5, 0.6) is 0 Å². The van der Waals surface area contributed by atoms with Crippen molar-refractivity contribution in [3.8, 4) is 0 Å². The molecule has 0 bridgehead atoms. The zero-order valence-electron chi connectivity index (χ0n) is 12.7. The van der Waals surface area contributed by atoms with E-state index in [0.29, 0.717) is 5.41 Å². The lowest BCUT2D eigenvalue weighted by molar-refractivity contribution is 0.522. The Morgan fingerprint density at radius 3 is 2.55 bits per heavy atom. The van der Waals surface area contributed by atoms with Gasteiger partial charge < -0.3 is 0 Å². The molecule has 1 aliphatic rings. The first kappa shape index (κ1) is 13.4. The molecule has 0 N–H and O–H groups in total. The molecular weight excluding hydrogens is 242 g/mol. The van der Waals surface area contributed by atoms with Crippen molar-refractivity contribution in [2.45, 2.75) is 51.9 Å². The molecule has 0 aliphatic heterocycles. The van der Waals surface area contributed by atoms with Gasteiger partial charge in [-0.3, -0.25) is 4.98 Å². The topological polar surface area (TPSA) is 12.9 Å². The number of benzene rings is 1. The average Bonchev–Trinajstić information content (AvgIpc) is 2.74. The Labute approximate surface area is 122 Å². The van der Waals surface area contributed by atoms with Crippen molar-refractivity contribution in [2.24, 2.45) is 0 Å². The second kappa shape index (κ2) is 5.05. The molecule has 1 aliphatic carbocycles. The Morgan fingerprint density at radius 1 is 1.05 bits per heavy atom. The molecule has 0 saturated carbocycles. The fourth-order valence-corrected chi connectivity index (χ4v) is 3.14. The fourth-order valence-electron chi connectivity index (χ4n) is 3.14. The minimum absolute atomic E-state index is 0.358. The summed E-state index contributed by atoms with van der Waals surface area (Å²) >= 11 is 0. The fraction of sp³-hybridized carbons (Fsp3) is 0.421. The summed E-state index contributed by atoms with van der Waals surface area (Å²) in [6, 6.07) is 11.4. The standard InChI is InChI=1S/C19H23N/c1-14-4-5-16(13-20-14)7-6-15-8-9-17-10-11-19(2,3)18(17)12-15/h4-5,8-9,12-13H,6-7,10-11H2,1-3H3. The van der Waals surface area contributed by atoms with Crippen molar-refractivity contribution in [1.82, 2.24) is 4.98 Å². The van der Waals surface area contributed by atoms with E-state index in [9.17, 15) is 0 Å². The van der Waals surface area contributed by atoms with Crippen molar-refractivity contribution in [3.05, 3.63) is 64.5 Å². The summed E-state index contributed by atoms with van der Waals surface area (Å²) in [4.78, 5) is 4.37. The zero-order chi connectivity index (χ0) is 14.2. The normalized spacial score (nSPS) is 16.1. The van der Waals surface area contributed by atoms with E-state index in [2.05, 4.69) is 49.2 Å². The molecule has 0 radical (unpaired) electrons. The van der Waals surface area contributed by atoms with E-state index in [1.807, 2.05) is 13.1 Å². The largest absolute Gasteiger partial charge is 0.261 e. The first-order valence-corrected chi connectivity index (χ1v) is 7.58. The van der Waals surface area contributed by atoms with Crippen LogP contribution in [0.3, 0.4) is 0 Å². The van der Waals surface area contributed by atoms with Gasteiger partial charge in [0.15, 0.2) is 0 Å². The van der Waals surface area contributed by atoms with Crippen LogP contribution in [0.1, 0.15) is 48.2 Å². The van der Waals surface area contributed by atoms with E-state index in [0.717, 1.165) is 18.5 Å². The maximum atomic E-state index is 4.37. The van der Waals surface area contributed by atoms with E-state index in [1.54, 1.807) is 11.1 Å². The van der Waals surface area contributed by atoms with Gasteiger partial charge in [0.05, 0.1) is 0 Å². The summed E-state index contributed by atoms with van der Waals surface area (Å²) in [7, 11) is 0. The molecule has 0 atom stereocenters. The van der Waals surface area contributed by atoms with Crippen LogP contribution in [0.25, 0.3) is 0 Å². The Bertz CT molecular complexity index is 608. The molecule has 3 rings (SSSR count). The molecule has 20 heavy (non-hydrogen) atoms. The van der Waals surface area contributed by atoms with Crippen molar-refractivity contribution in [1.29, 1.82) is 0 Å². The SMILES string of the molecule is Cc1ccc(CCc2ccc3c(c2)C(C)(C)CC3)cn1. The molecule has 0 fully saturated rings. The molecule has 1 heteroatoms. The van der Waals surface area contributed by atoms with Gasteiger partial charge in [0.25, 0.3) is 0 Å². The van der Waals surface area contributed by atoms with Gasteiger partial charge in [-0.2, -0.15) is 0 Å². The van der Waals surface area contributed by atoms with Gasteiger partial charge in [-0.1, -0.05) is 38.1 Å². The molecule has 0 amide bonds. The first-order valence-electron chi connectivity index (χ1n) is 7.58. The predicted molar refractivity (Wildman–Crippen MR) is 84.2 cm³/mol. The summed E-state index contributed by atoms with van der Waals surface area (Å²) in [6.45, 7) is 6.77. The third-order valence-corrected chi connectivity index (χ3v) is 4.60. The predicted octanol–water partition coefficient (Wildman–Crippen LogP) is 4.40. The monoisotopic (exact) mass is 265 g/mol. The lowest BCUT2D eigenvalue weighted by Crippen LogP contribution is -2.12. The number of aryl methyl sites for hydroxylation is 4. The maximum Gasteiger partial charge on any atom is 0.0372 e. The highest BCUT2D eigenvalue weighted by Crippen LogP contribution is 2.38. The van der Waals surface area contributed by atoms with Crippen LogP contribution in [0, 0.1) is 6.92 Å². The first-order chi connectivity index (χ1) is 9.54. The molecule has 0 saturated heterocycles. The third kappa shape index (κ3) is 2.63. The Hall–Kier alpha value is -1.63. The molecule has 1 heterocycles. The number of aromatic nitrogens is 1. The maximum absolute atomic E-state index is 4.37. The van der Waals surface area contributed by atoms with E-state index in [-0.39, 0.29) is 0 Å². The van der Waals surface area contributed by atoms with Gasteiger partial charge in [0, 0.05) is 11.9 Å². The van der Waals surface area contributed by atoms with Crippen LogP contribution in [-0.4, -0.2) is 4.98 Å². The highest BCUT2D eigenvalue weighted by Gasteiger charge is 2.29. The highest BCUT2D eigenvalue weighted by atomic mass is 14.7. The van der Waals surface area contributed by atoms with Crippen LogP contribution in [0.15, 0.2) is 36.5 Å². The molecule has 1 nitrogen and oxygen atoms in total. The Balaban J connectivity index is 1.74. The molecule has 0 unspecified atom stereocenters. The number of rotatable bonds is 3. The van der Waals surface area contributed by atoms with Gasteiger partial charge in [-0.05, 0) is 66.3 Å². The van der Waals surface area contributed by atoms with Crippen LogP contribution in [0.4, 0.5) is 0 Å². The van der Waals surface area contributed by atoms with Gasteiger partial charge in [0.2, 0.25) is 0 Å². The van der Waals surface area contributed by atoms with E-state index >= 15 is 0 Å². The van der Waals surface area contributed by atoms with Crippen LogP contribution in [-0.2, 0) is 24.7 Å². The third-order valence-electron chi connectivity index (χ3n) is 4.60. The summed E-state index contributed by atoms with van der Waals surface area (Å²) in [5, 5.41) is 0. The summed E-state index contributed by atoms with van der Waals surface area (Å²) < 4.78 is 0. The second-order valence-corrected chi connectivity index (χ2v) is 6.68. The van der Waals surface area contributed by atoms with Crippen LogP contribution >= 0.6 is 0 Å². The minimum Gasteiger partial charge on any atom is -0.261 e. The van der Waals surface area contributed by atoms with Crippen molar-refractivity contribution >= 4 is 0 Å². The average molecular weight is 265 g/mol. The number of nitrogens with zero attached hydrogens (tertiary/aromatic N) is 1. The minimum atomic E-state index is 0.358. The quantitative estimate of drug-likeness (QED) is 0.801. The number of pyridine rings is 1. The van der Waals surface area contributed by atoms with E-state index in [1.165, 1.54) is 24.0 Å². The lowest BCUT2D eigenvalue weighted by atomic mass is 9.85. The van der Waals surface area contributed by atoms with Crippen molar-refractivity contribution < 1.29 is 0 Å². The molecule has 0 spiro atoms. The summed E-state index contributed by atoms with van der Waals surface area (Å²) in [5.74, 6) is 0. The van der Waals surface area contributed by atoms with E-state index < -0.39 is 0 Å². The van der Waals surface area contributed by atoms with Crippen molar-refractivity contribution in [2.75, 3.05) is 0 Å². The van der Waals surface area contributed by atoms with Gasteiger partial charge in [-0.25, -0.2) is 0 Å². The number of hydrogen-bond acceptors (Lipinski definition) is 1. The number of hydrogen-bond donors (Lipinski definition) is 0. The van der Waals surface area contributed by atoms with Gasteiger partial charge in [0.1, 0.15) is 0 Å². The molecular formula is C19H23N. The zero-order valence-corrected chi connectivity index (χ0v) is 12.7. The second-order valence-electron chi connectivity index (χ2n) is 6.68. The summed E-state index contributed by atoms with van der Waals surface area (Å²) in [5.41, 5.74) is 7.35. The van der Waals surface area contributed by atoms with Crippen LogP contribution in [0.2, 0.25) is 0 Å². The van der Waals surface area contributed by atoms with Crippen LogP contribution < -0.4 is 0 Å². The molecule has 1 aromatic heterocycles. The number of fused-ring (bicyclic) bond motifs is 1. The smallest absolute Gasteiger partial charge is 0.0372 e.